The van der Waals surface area contributed by atoms with E-state index >= 15 is 0 Å². The number of carbonyl (C=O) groups is 2. The van der Waals surface area contributed by atoms with E-state index in [-0.39, 0.29) is 5.91 Å². The fourth-order valence-electron chi connectivity index (χ4n) is 3.71. The third kappa shape index (κ3) is 4.16. The highest BCUT2D eigenvalue weighted by molar-refractivity contribution is 6.24. The second-order valence-corrected chi connectivity index (χ2v) is 7.24. The van der Waals surface area contributed by atoms with Crippen molar-refractivity contribution in [3.8, 4) is 0 Å². The molecule has 0 spiro atoms. The predicted molar refractivity (Wildman–Crippen MR) is 116 cm³/mol. The molecule has 0 aromatic heterocycles. The highest BCUT2D eigenvalue weighted by Crippen LogP contribution is 2.26. The molecule has 1 aliphatic rings. The first-order valence-corrected chi connectivity index (χ1v) is 9.83. The molecule has 4 rings (SSSR count). The Morgan fingerprint density at radius 2 is 1.57 bits per heavy atom. The van der Waals surface area contributed by atoms with Crippen molar-refractivity contribution in [3.63, 3.8) is 0 Å². The zero-order chi connectivity index (χ0) is 20.9. The van der Waals surface area contributed by atoms with Gasteiger partial charge in [0.05, 0.1) is 0 Å². The molecule has 30 heavy (non-hydrogen) atoms. The van der Waals surface area contributed by atoms with Crippen molar-refractivity contribution in [1.29, 1.82) is 0 Å². The van der Waals surface area contributed by atoms with Crippen LogP contribution in [0, 0.1) is 0 Å². The standard InChI is InChI=1S/C25H22N2O3/c28-24(26-30)21-12-11-19-13-14-27(17-22(19)16-21)25(29)23(20-9-5-2-6-10-20)15-18-7-3-1-4-8-18/h1-12,15-16,30H,13-14,17H2,(H,26,28). The Labute approximate surface area is 175 Å². The summed E-state index contributed by atoms with van der Waals surface area (Å²) in [5, 5.41) is 8.90. The molecule has 5 nitrogen and oxygen atoms in total. The van der Waals surface area contributed by atoms with Crippen molar-refractivity contribution in [2.24, 2.45) is 0 Å². The first kappa shape index (κ1) is 19.6. The summed E-state index contributed by atoms with van der Waals surface area (Å²) in [5.41, 5.74) is 6.52. The minimum Gasteiger partial charge on any atom is -0.334 e. The summed E-state index contributed by atoms with van der Waals surface area (Å²) < 4.78 is 0. The summed E-state index contributed by atoms with van der Waals surface area (Å²) in [4.78, 5) is 27.1. The molecule has 0 saturated heterocycles. The van der Waals surface area contributed by atoms with E-state index in [0.717, 1.165) is 28.7 Å². The minimum absolute atomic E-state index is 0.0484. The van der Waals surface area contributed by atoms with E-state index in [2.05, 4.69) is 0 Å². The average molecular weight is 398 g/mol. The highest BCUT2D eigenvalue weighted by atomic mass is 16.5. The number of rotatable bonds is 4. The molecule has 0 saturated carbocycles. The van der Waals surface area contributed by atoms with Gasteiger partial charge >= 0.3 is 0 Å². The van der Waals surface area contributed by atoms with Crippen LogP contribution in [0.5, 0.6) is 0 Å². The average Bonchev–Trinajstić information content (AvgIpc) is 2.82. The SMILES string of the molecule is O=C(NO)c1ccc2c(c1)CN(C(=O)C(=Cc1ccccc1)c1ccccc1)CC2. The normalized spacial score (nSPS) is 13.5. The number of benzene rings is 3. The third-order valence-electron chi connectivity index (χ3n) is 5.30. The lowest BCUT2D eigenvalue weighted by atomic mass is 9.95. The van der Waals surface area contributed by atoms with Crippen molar-refractivity contribution in [3.05, 3.63) is 107 Å². The Morgan fingerprint density at radius 1 is 0.867 bits per heavy atom. The molecule has 3 aromatic carbocycles. The topological polar surface area (TPSA) is 69.6 Å². The van der Waals surface area contributed by atoms with Crippen molar-refractivity contribution < 1.29 is 14.8 Å². The van der Waals surface area contributed by atoms with E-state index in [0.29, 0.717) is 24.2 Å². The van der Waals surface area contributed by atoms with Gasteiger partial charge in [0.25, 0.3) is 11.8 Å². The molecule has 5 heteroatoms. The van der Waals surface area contributed by atoms with Crippen molar-refractivity contribution in [1.82, 2.24) is 10.4 Å². The van der Waals surface area contributed by atoms with Crippen molar-refractivity contribution in [2.45, 2.75) is 13.0 Å². The van der Waals surface area contributed by atoms with E-state index in [4.69, 9.17) is 5.21 Å². The van der Waals surface area contributed by atoms with E-state index in [1.54, 1.807) is 17.6 Å². The molecule has 1 aliphatic heterocycles. The van der Waals surface area contributed by atoms with Gasteiger partial charge in [0.15, 0.2) is 0 Å². The van der Waals surface area contributed by atoms with E-state index in [1.807, 2.05) is 77.7 Å². The molecule has 2 amide bonds. The summed E-state index contributed by atoms with van der Waals surface area (Å²) >= 11 is 0. The predicted octanol–water partition coefficient (Wildman–Crippen LogP) is 3.93. The summed E-state index contributed by atoms with van der Waals surface area (Å²) in [6.07, 6.45) is 2.64. The number of amides is 2. The fourth-order valence-corrected chi connectivity index (χ4v) is 3.71. The number of hydrogen-bond acceptors (Lipinski definition) is 3. The Hall–Kier alpha value is -3.70. The quantitative estimate of drug-likeness (QED) is 0.303. The van der Waals surface area contributed by atoms with E-state index < -0.39 is 5.91 Å². The number of nitrogens with zero attached hydrogens (tertiary/aromatic N) is 1. The lowest BCUT2D eigenvalue weighted by Crippen LogP contribution is -2.36. The Kier molecular flexibility index (Phi) is 5.72. The Bertz CT molecular complexity index is 1090. The first-order valence-electron chi connectivity index (χ1n) is 9.83. The number of fused-ring (bicyclic) bond motifs is 1. The molecule has 0 fully saturated rings. The van der Waals surface area contributed by atoms with Gasteiger partial charge in [-0.1, -0.05) is 66.7 Å². The largest absolute Gasteiger partial charge is 0.334 e. The maximum absolute atomic E-state index is 13.5. The van der Waals surface area contributed by atoms with Gasteiger partial charge in [-0.2, -0.15) is 0 Å². The summed E-state index contributed by atoms with van der Waals surface area (Å²) in [7, 11) is 0. The molecule has 2 N–H and O–H groups in total. The van der Waals surface area contributed by atoms with Crippen LogP contribution in [0.1, 0.15) is 32.6 Å². The van der Waals surface area contributed by atoms with Crippen LogP contribution in [-0.4, -0.2) is 28.5 Å². The minimum atomic E-state index is -0.560. The van der Waals surface area contributed by atoms with Crippen LogP contribution in [0.25, 0.3) is 11.6 Å². The van der Waals surface area contributed by atoms with Gasteiger partial charge in [0.2, 0.25) is 0 Å². The molecule has 1 heterocycles. The lowest BCUT2D eigenvalue weighted by molar-refractivity contribution is -0.125. The second-order valence-electron chi connectivity index (χ2n) is 7.24. The van der Waals surface area contributed by atoms with Crippen LogP contribution in [0.3, 0.4) is 0 Å². The Morgan fingerprint density at radius 3 is 2.27 bits per heavy atom. The van der Waals surface area contributed by atoms with Crippen LogP contribution < -0.4 is 5.48 Å². The zero-order valence-electron chi connectivity index (χ0n) is 16.4. The summed E-state index contributed by atoms with van der Waals surface area (Å²) in [5.74, 6) is -0.608. The molecule has 0 radical (unpaired) electrons. The van der Waals surface area contributed by atoms with Crippen molar-refractivity contribution >= 4 is 23.5 Å². The van der Waals surface area contributed by atoms with Crippen LogP contribution in [0.15, 0.2) is 78.9 Å². The zero-order valence-corrected chi connectivity index (χ0v) is 16.4. The monoisotopic (exact) mass is 398 g/mol. The highest BCUT2D eigenvalue weighted by Gasteiger charge is 2.25. The molecule has 0 atom stereocenters. The molecule has 0 aliphatic carbocycles. The Balaban J connectivity index is 1.66. The molecular weight excluding hydrogens is 376 g/mol. The number of hydrogen-bond donors (Lipinski definition) is 2. The third-order valence-corrected chi connectivity index (χ3v) is 5.30. The van der Waals surface area contributed by atoms with Gasteiger partial charge in [-0.25, -0.2) is 5.48 Å². The van der Waals surface area contributed by atoms with Crippen LogP contribution in [0.4, 0.5) is 0 Å². The molecule has 0 bridgehead atoms. The van der Waals surface area contributed by atoms with Crippen LogP contribution >= 0.6 is 0 Å². The molecule has 150 valence electrons. The maximum Gasteiger partial charge on any atom is 0.274 e. The van der Waals surface area contributed by atoms with Gasteiger partial charge in [-0.15, -0.1) is 0 Å². The van der Waals surface area contributed by atoms with Gasteiger partial charge in [-0.3, -0.25) is 14.8 Å². The number of hydroxylamine groups is 1. The summed E-state index contributed by atoms with van der Waals surface area (Å²) in [6, 6.07) is 24.8. The number of nitrogens with one attached hydrogen (secondary N) is 1. The van der Waals surface area contributed by atoms with E-state index in [9.17, 15) is 9.59 Å². The molecule has 0 unspecified atom stereocenters. The van der Waals surface area contributed by atoms with Gasteiger partial charge in [0, 0.05) is 24.2 Å². The summed E-state index contributed by atoms with van der Waals surface area (Å²) in [6.45, 7) is 1.02. The van der Waals surface area contributed by atoms with Crippen LogP contribution in [0.2, 0.25) is 0 Å². The fraction of sp³-hybridized carbons (Fsp3) is 0.120. The smallest absolute Gasteiger partial charge is 0.274 e. The number of carbonyl (C=O) groups excluding carboxylic acids is 2. The molecular formula is C25H22N2O3. The van der Waals surface area contributed by atoms with Gasteiger partial charge in [-0.05, 0) is 46.9 Å². The second kappa shape index (κ2) is 8.76. The van der Waals surface area contributed by atoms with Crippen molar-refractivity contribution in [2.75, 3.05) is 6.54 Å². The molecule has 3 aromatic rings. The van der Waals surface area contributed by atoms with Gasteiger partial charge < -0.3 is 4.90 Å². The van der Waals surface area contributed by atoms with Gasteiger partial charge in [0.1, 0.15) is 0 Å². The maximum atomic E-state index is 13.5. The van der Waals surface area contributed by atoms with E-state index in [1.165, 1.54) is 0 Å². The van der Waals surface area contributed by atoms with Crippen LogP contribution in [-0.2, 0) is 17.8 Å². The lowest BCUT2D eigenvalue weighted by Gasteiger charge is -2.30. The first-order chi connectivity index (χ1) is 14.7.